The van der Waals surface area contributed by atoms with Gasteiger partial charge < -0.3 is 9.57 Å². The number of esters is 1. The summed E-state index contributed by atoms with van der Waals surface area (Å²) in [4.78, 5) is 16.7. The number of oxime groups is 1. The summed E-state index contributed by atoms with van der Waals surface area (Å²) in [6.45, 7) is 9.95. The van der Waals surface area contributed by atoms with E-state index < -0.39 is 0 Å². The van der Waals surface area contributed by atoms with Gasteiger partial charge in [0.05, 0.1) is 19.2 Å². The molecule has 0 radical (unpaired) electrons. The number of methoxy groups -OCH3 is 1. The van der Waals surface area contributed by atoms with Gasteiger partial charge in [-0.15, -0.1) is 0 Å². The first kappa shape index (κ1) is 14.7. The monoisotopic (exact) mass is 253 g/mol. The van der Waals surface area contributed by atoms with Crippen molar-refractivity contribution in [2.45, 2.75) is 40.7 Å². The van der Waals surface area contributed by atoms with E-state index in [2.05, 4.69) is 25.1 Å². The van der Waals surface area contributed by atoms with Crippen molar-refractivity contribution >= 4 is 12.2 Å². The summed E-state index contributed by atoms with van der Waals surface area (Å²) in [6.07, 6.45) is 3.83. The zero-order valence-corrected chi connectivity index (χ0v) is 12.1. The maximum atomic E-state index is 11.6. The standard InChI is InChI=1S/C14H23NO3/c1-9(2)18-15-8-10(3)7-11-12(13(16)17-6)14(11,4)5/h7-9,11-12H,1-6H3. The van der Waals surface area contributed by atoms with Crippen LogP contribution in [-0.4, -0.2) is 25.4 Å². The topological polar surface area (TPSA) is 47.9 Å². The summed E-state index contributed by atoms with van der Waals surface area (Å²) in [5, 5.41) is 3.88. The van der Waals surface area contributed by atoms with Gasteiger partial charge in [-0.05, 0) is 37.7 Å². The average Bonchev–Trinajstić information content (AvgIpc) is 2.78. The lowest BCUT2D eigenvalue weighted by molar-refractivity contribution is -0.143. The SMILES string of the molecule is COC(=O)C1C(C=C(C)C=NOC(C)C)C1(C)C. The Morgan fingerprint density at radius 2 is 2.00 bits per heavy atom. The Kier molecular flexibility index (Phi) is 4.54. The average molecular weight is 253 g/mol. The lowest BCUT2D eigenvalue weighted by Crippen LogP contribution is -2.07. The van der Waals surface area contributed by atoms with E-state index in [1.165, 1.54) is 7.11 Å². The molecule has 0 aromatic carbocycles. The number of nitrogens with zero attached hydrogens (tertiary/aromatic N) is 1. The van der Waals surface area contributed by atoms with Gasteiger partial charge in [0.15, 0.2) is 0 Å². The Morgan fingerprint density at radius 3 is 2.50 bits per heavy atom. The molecule has 1 aliphatic carbocycles. The highest BCUT2D eigenvalue weighted by Gasteiger charge is 2.61. The van der Waals surface area contributed by atoms with Crippen LogP contribution in [0.2, 0.25) is 0 Å². The third-order valence-electron chi connectivity index (χ3n) is 3.34. The summed E-state index contributed by atoms with van der Waals surface area (Å²) in [5.41, 5.74) is 0.973. The summed E-state index contributed by atoms with van der Waals surface area (Å²) >= 11 is 0. The van der Waals surface area contributed by atoms with Crippen LogP contribution in [0.5, 0.6) is 0 Å². The summed E-state index contributed by atoms with van der Waals surface area (Å²) in [6, 6.07) is 0. The Morgan fingerprint density at radius 1 is 1.39 bits per heavy atom. The van der Waals surface area contributed by atoms with Crippen LogP contribution in [-0.2, 0) is 14.4 Å². The fourth-order valence-corrected chi connectivity index (χ4v) is 2.13. The molecule has 102 valence electrons. The first-order chi connectivity index (χ1) is 8.30. The Balaban J connectivity index is 2.62. The molecule has 0 bridgehead atoms. The summed E-state index contributed by atoms with van der Waals surface area (Å²) in [7, 11) is 1.43. The molecule has 0 heterocycles. The first-order valence-corrected chi connectivity index (χ1v) is 6.26. The number of rotatable bonds is 5. The van der Waals surface area contributed by atoms with Gasteiger partial charge >= 0.3 is 5.97 Å². The van der Waals surface area contributed by atoms with Gasteiger partial charge in [0.2, 0.25) is 0 Å². The van der Waals surface area contributed by atoms with Gasteiger partial charge in [-0.25, -0.2) is 0 Å². The quantitative estimate of drug-likeness (QED) is 0.430. The lowest BCUT2D eigenvalue weighted by atomic mass is 10.1. The van der Waals surface area contributed by atoms with E-state index in [0.29, 0.717) is 0 Å². The zero-order valence-electron chi connectivity index (χ0n) is 12.1. The Labute approximate surface area is 109 Å². The molecule has 0 spiro atoms. The predicted octanol–water partition coefficient (Wildman–Crippen LogP) is 2.79. The van der Waals surface area contributed by atoms with Gasteiger partial charge in [0.1, 0.15) is 6.10 Å². The Hall–Kier alpha value is -1.32. The van der Waals surface area contributed by atoms with Crippen molar-refractivity contribution in [2.75, 3.05) is 7.11 Å². The second kappa shape index (κ2) is 5.55. The molecule has 18 heavy (non-hydrogen) atoms. The first-order valence-electron chi connectivity index (χ1n) is 6.26. The normalized spacial score (nSPS) is 26.5. The maximum absolute atomic E-state index is 11.6. The third kappa shape index (κ3) is 3.34. The number of hydrogen-bond donors (Lipinski definition) is 0. The molecule has 2 unspecified atom stereocenters. The van der Waals surface area contributed by atoms with Gasteiger partial charge in [0.25, 0.3) is 0 Å². The maximum Gasteiger partial charge on any atom is 0.309 e. The molecule has 4 heteroatoms. The third-order valence-corrected chi connectivity index (χ3v) is 3.34. The van der Waals surface area contributed by atoms with Crippen LogP contribution < -0.4 is 0 Å². The van der Waals surface area contributed by atoms with Crippen molar-refractivity contribution in [3.05, 3.63) is 11.6 Å². The van der Waals surface area contributed by atoms with Gasteiger partial charge in [-0.2, -0.15) is 0 Å². The van der Waals surface area contributed by atoms with Crippen molar-refractivity contribution in [1.29, 1.82) is 0 Å². The fraction of sp³-hybridized carbons (Fsp3) is 0.714. The smallest absolute Gasteiger partial charge is 0.309 e. The predicted molar refractivity (Wildman–Crippen MR) is 71.2 cm³/mol. The molecular formula is C14H23NO3. The molecule has 0 aliphatic heterocycles. The van der Waals surface area contributed by atoms with E-state index in [-0.39, 0.29) is 29.3 Å². The van der Waals surface area contributed by atoms with Crippen molar-refractivity contribution in [3.8, 4) is 0 Å². The van der Waals surface area contributed by atoms with Crippen molar-refractivity contribution in [2.24, 2.45) is 22.4 Å². The lowest BCUT2D eigenvalue weighted by Gasteiger charge is -2.01. The molecule has 0 aromatic heterocycles. The van der Waals surface area contributed by atoms with Crippen molar-refractivity contribution in [1.82, 2.24) is 0 Å². The molecule has 2 atom stereocenters. The van der Waals surface area contributed by atoms with Crippen molar-refractivity contribution < 1.29 is 14.4 Å². The Bertz CT molecular complexity index is 369. The van der Waals surface area contributed by atoms with Crippen LogP contribution in [0.3, 0.4) is 0 Å². The molecular weight excluding hydrogens is 230 g/mol. The molecule has 0 amide bonds. The van der Waals surface area contributed by atoms with Crippen LogP contribution in [0.25, 0.3) is 0 Å². The van der Waals surface area contributed by atoms with E-state index in [1.54, 1.807) is 6.21 Å². The number of ether oxygens (including phenoxy) is 1. The minimum atomic E-state index is -0.135. The zero-order chi connectivity index (χ0) is 13.9. The van der Waals surface area contributed by atoms with E-state index in [0.717, 1.165) is 5.57 Å². The molecule has 0 saturated heterocycles. The minimum Gasteiger partial charge on any atom is -0.469 e. The number of hydrogen-bond acceptors (Lipinski definition) is 4. The molecule has 0 aromatic rings. The largest absolute Gasteiger partial charge is 0.469 e. The number of carbonyl (C=O) groups excluding carboxylic acids is 1. The second-order valence-electron chi connectivity index (χ2n) is 5.65. The highest BCUT2D eigenvalue weighted by atomic mass is 16.6. The van der Waals surface area contributed by atoms with Crippen LogP contribution in [0.15, 0.2) is 16.8 Å². The molecule has 4 nitrogen and oxygen atoms in total. The molecule has 0 N–H and O–H groups in total. The van der Waals surface area contributed by atoms with E-state index in [1.807, 2.05) is 20.8 Å². The second-order valence-corrected chi connectivity index (χ2v) is 5.65. The molecule has 1 aliphatic rings. The van der Waals surface area contributed by atoms with Gasteiger partial charge in [-0.1, -0.05) is 25.1 Å². The highest BCUT2D eigenvalue weighted by molar-refractivity contribution is 5.80. The molecule has 1 fully saturated rings. The van der Waals surface area contributed by atoms with E-state index in [4.69, 9.17) is 9.57 Å². The van der Waals surface area contributed by atoms with Crippen LogP contribution >= 0.6 is 0 Å². The van der Waals surface area contributed by atoms with Gasteiger partial charge in [0, 0.05) is 0 Å². The minimum absolute atomic E-state index is 0.0267. The molecule has 1 rings (SSSR count). The number of carbonyl (C=O) groups is 1. The fourth-order valence-electron chi connectivity index (χ4n) is 2.13. The van der Waals surface area contributed by atoms with Crippen LogP contribution in [0, 0.1) is 17.3 Å². The summed E-state index contributed by atoms with van der Waals surface area (Å²) in [5.74, 6) is 0.0386. The van der Waals surface area contributed by atoms with E-state index in [9.17, 15) is 4.79 Å². The van der Waals surface area contributed by atoms with Crippen LogP contribution in [0.1, 0.15) is 34.6 Å². The van der Waals surface area contributed by atoms with Gasteiger partial charge in [-0.3, -0.25) is 4.79 Å². The molecule has 1 saturated carbocycles. The number of allylic oxidation sites excluding steroid dienone is 2. The van der Waals surface area contributed by atoms with Crippen LogP contribution in [0.4, 0.5) is 0 Å². The van der Waals surface area contributed by atoms with E-state index >= 15 is 0 Å². The summed E-state index contributed by atoms with van der Waals surface area (Å²) < 4.78 is 4.81. The highest BCUT2D eigenvalue weighted by Crippen LogP contribution is 2.59. The van der Waals surface area contributed by atoms with Crippen molar-refractivity contribution in [3.63, 3.8) is 0 Å².